The van der Waals surface area contributed by atoms with Gasteiger partial charge in [-0.2, -0.15) is 0 Å². The molecule has 1 aromatic rings. The Kier molecular flexibility index (Phi) is 8.68. The summed E-state index contributed by atoms with van der Waals surface area (Å²) in [5.41, 5.74) is 0.398. The van der Waals surface area contributed by atoms with Crippen molar-refractivity contribution in [1.29, 1.82) is 0 Å². The number of methoxy groups -OCH3 is 2. The molecule has 0 aliphatic carbocycles. The molecule has 2 amide bonds. The lowest BCUT2D eigenvalue weighted by Gasteiger charge is -2.15. The standard InChI is InChI=1S/C18H28N2O4/c1-5-7-8-13(6-2)12-19-17(21)18(22)20-15-11-14(23-3)9-10-16(15)24-4/h9-11,13H,5-8,12H2,1-4H3,(H,19,21)(H,20,22)/t13-/m1/s1. The van der Waals surface area contributed by atoms with Gasteiger partial charge in [-0.05, 0) is 24.5 Å². The fourth-order valence-electron chi connectivity index (χ4n) is 2.35. The van der Waals surface area contributed by atoms with E-state index in [-0.39, 0.29) is 0 Å². The number of rotatable bonds is 9. The van der Waals surface area contributed by atoms with Crippen molar-refractivity contribution in [1.82, 2.24) is 5.32 Å². The highest BCUT2D eigenvalue weighted by Gasteiger charge is 2.17. The third kappa shape index (κ3) is 6.10. The summed E-state index contributed by atoms with van der Waals surface area (Å²) in [6.07, 6.45) is 4.28. The molecule has 2 N–H and O–H groups in total. The maximum Gasteiger partial charge on any atom is 0.313 e. The molecule has 0 saturated heterocycles. The van der Waals surface area contributed by atoms with E-state index in [2.05, 4.69) is 24.5 Å². The zero-order valence-corrected chi connectivity index (χ0v) is 15.0. The Hall–Kier alpha value is -2.24. The van der Waals surface area contributed by atoms with Crippen molar-refractivity contribution in [2.24, 2.45) is 5.92 Å². The lowest BCUT2D eigenvalue weighted by Crippen LogP contribution is -2.38. The first-order valence-corrected chi connectivity index (χ1v) is 8.36. The Balaban J connectivity index is 2.62. The molecule has 134 valence electrons. The topological polar surface area (TPSA) is 76.7 Å². The number of anilines is 1. The quantitative estimate of drug-likeness (QED) is 0.680. The van der Waals surface area contributed by atoms with Crippen LogP contribution < -0.4 is 20.1 Å². The lowest BCUT2D eigenvalue weighted by molar-refractivity contribution is -0.136. The Labute approximate surface area is 143 Å². The van der Waals surface area contributed by atoms with Gasteiger partial charge in [-0.3, -0.25) is 9.59 Å². The second kappa shape index (κ2) is 10.5. The summed E-state index contributed by atoms with van der Waals surface area (Å²) in [5.74, 6) is 0.0678. The maximum absolute atomic E-state index is 12.1. The number of carbonyl (C=O) groups is 2. The normalized spacial score (nSPS) is 11.5. The number of carbonyl (C=O) groups excluding carboxylic acids is 2. The van der Waals surface area contributed by atoms with E-state index < -0.39 is 11.8 Å². The molecule has 0 unspecified atom stereocenters. The molecular weight excluding hydrogens is 308 g/mol. The third-order valence-corrected chi connectivity index (χ3v) is 3.96. The van der Waals surface area contributed by atoms with Crippen LogP contribution in [0.5, 0.6) is 11.5 Å². The number of benzene rings is 1. The van der Waals surface area contributed by atoms with Gasteiger partial charge in [0.15, 0.2) is 0 Å². The molecule has 1 aromatic carbocycles. The average molecular weight is 336 g/mol. The maximum atomic E-state index is 12.1. The van der Waals surface area contributed by atoms with Crippen molar-refractivity contribution >= 4 is 17.5 Å². The predicted molar refractivity (Wildman–Crippen MR) is 94.5 cm³/mol. The van der Waals surface area contributed by atoms with Crippen molar-refractivity contribution < 1.29 is 19.1 Å². The highest BCUT2D eigenvalue weighted by atomic mass is 16.5. The lowest BCUT2D eigenvalue weighted by atomic mass is 9.99. The van der Waals surface area contributed by atoms with E-state index in [4.69, 9.17) is 9.47 Å². The van der Waals surface area contributed by atoms with E-state index in [9.17, 15) is 9.59 Å². The van der Waals surface area contributed by atoms with E-state index in [1.807, 2.05) is 0 Å². The second-order valence-electron chi connectivity index (χ2n) is 5.65. The fraction of sp³-hybridized carbons (Fsp3) is 0.556. The largest absolute Gasteiger partial charge is 0.497 e. The molecule has 0 aromatic heterocycles. The molecule has 1 atom stereocenters. The van der Waals surface area contributed by atoms with Gasteiger partial charge in [0.2, 0.25) is 0 Å². The number of ether oxygens (including phenoxy) is 2. The van der Waals surface area contributed by atoms with Crippen LogP contribution in [-0.4, -0.2) is 32.6 Å². The molecule has 0 fully saturated rings. The Morgan fingerprint density at radius 2 is 1.88 bits per heavy atom. The highest BCUT2D eigenvalue weighted by molar-refractivity contribution is 6.39. The Morgan fingerprint density at radius 1 is 1.12 bits per heavy atom. The van der Waals surface area contributed by atoms with Gasteiger partial charge >= 0.3 is 11.8 Å². The number of hydrogen-bond donors (Lipinski definition) is 2. The molecule has 0 aliphatic heterocycles. The first-order valence-electron chi connectivity index (χ1n) is 8.36. The molecule has 0 radical (unpaired) electrons. The summed E-state index contributed by atoms with van der Waals surface area (Å²) in [7, 11) is 3.03. The summed E-state index contributed by atoms with van der Waals surface area (Å²) in [6.45, 7) is 4.74. The van der Waals surface area contributed by atoms with Gasteiger partial charge in [-0.1, -0.05) is 33.1 Å². The van der Waals surface area contributed by atoms with Crippen molar-refractivity contribution in [3.05, 3.63) is 18.2 Å². The summed E-state index contributed by atoms with van der Waals surface area (Å²) in [5, 5.41) is 5.27. The van der Waals surface area contributed by atoms with Gasteiger partial charge in [-0.25, -0.2) is 0 Å². The van der Waals surface area contributed by atoms with Crippen LogP contribution in [0.3, 0.4) is 0 Å². The van der Waals surface area contributed by atoms with Gasteiger partial charge in [0.05, 0.1) is 19.9 Å². The van der Waals surface area contributed by atoms with Crippen LogP contribution in [-0.2, 0) is 9.59 Å². The number of unbranched alkanes of at least 4 members (excludes halogenated alkanes) is 1. The molecule has 1 rings (SSSR count). The predicted octanol–water partition coefficient (Wildman–Crippen LogP) is 2.97. The van der Waals surface area contributed by atoms with Gasteiger partial charge in [0.1, 0.15) is 11.5 Å². The van der Waals surface area contributed by atoms with Gasteiger partial charge < -0.3 is 20.1 Å². The van der Waals surface area contributed by atoms with E-state index in [0.717, 1.165) is 25.7 Å². The first-order chi connectivity index (χ1) is 11.5. The minimum Gasteiger partial charge on any atom is -0.497 e. The van der Waals surface area contributed by atoms with Gasteiger partial charge in [0.25, 0.3) is 0 Å². The van der Waals surface area contributed by atoms with Crippen LogP contribution in [0.2, 0.25) is 0 Å². The van der Waals surface area contributed by atoms with Crippen molar-refractivity contribution in [2.75, 3.05) is 26.1 Å². The number of hydrogen-bond acceptors (Lipinski definition) is 4. The zero-order chi connectivity index (χ0) is 17.9. The van der Waals surface area contributed by atoms with Crippen LogP contribution in [0.4, 0.5) is 5.69 Å². The first kappa shape index (κ1) is 19.8. The third-order valence-electron chi connectivity index (χ3n) is 3.96. The molecule has 0 saturated carbocycles. The van der Waals surface area contributed by atoms with Crippen LogP contribution in [0, 0.1) is 5.92 Å². The Bertz CT molecular complexity index is 546. The SMILES string of the molecule is CCCC[C@@H](CC)CNC(=O)C(=O)Nc1cc(OC)ccc1OC. The van der Waals surface area contributed by atoms with E-state index in [1.54, 1.807) is 18.2 Å². The second-order valence-corrected chi connectivity index (χ2v) is 5.65. The van der Waals surface area contributed by atoms with E-state index >= 15 is 0 Å². The van der Waals surface area contributed by atoms with Crippen LogP contribution in [0.25, 0.3) is 0 Å². The molecule has 0 aliphatic rings. The zero-order valence-electron chi connectivity index (χ0n) is 15.0. The summed E-state index contributed by atoms with van der Waals surface area (Å²) < 4.78 is 10.3. The minimum atomic E-state index is -0.716. The van der Waals surface area contributed by atoms with E-state index in [0.29, 0.717) is 29.6 Å². The summed E-state index contributed by atoms with van der Waals surface area (Å²) >= 11 is 0. The van der Waals surface area contributed by atoms with Crippen LogP contribution in [0.1, 0.15) is 39.5 Å². The van der Waals surface area contributed by atoms with Gasteiger partial charge in [-0.15, -0.1) is 0 Å². The van der Waals surface area contributed by atoms with E-state index in [1.165, 1.54) is 14.2 Å². The minimum absolute atomic E-state index is 0.396. The number of amides is 2. The Morgan fingerprint density at radius 3 is 2.46 bits per heavy atom. The average Bonchev–Trinajstić information content (AvgIpc) is 2.61. The summed E-state index contributed by atoms with van der Waals surface area (Å²) in [4.78, 5) is 24.1. The monoisotopic (exact) mass is 336 g/mol. The molecule has 0 heterocycles. The molecule has 6 heteroatoms. The van der Waals surface area contributed by atoms with Crippen molar-refractivity contribution in [2.45, 2.75) is 39.5 Å². The summed E-state index contributed by atoms with van der Waals surface area (Å²) in [6, 6.07) is 5.00. The highest BCUT2D eigenvalue weighted by Crippen LogP contribution is 2.28. The van der Waals surface area contributed by atoms with Gasteiger partial charge in [0, 0.05) is 12.6 Å². The molecule has 24 heavy (non-hydrogen) atoms. The molecule has 0 spiro atoms. The van der Waals surface area contributed by atoms with Crippen molar-refractivity contribution in [3.8, 4) is 11.5 Å². The van der Waals surface area contributed by atoms with Crippen LogP contribution in [0.15, 0.2) is 18.2 Å². The molecular formula is C18H28N2O4. The number of nitrogens with one attached hydrogen (secondary N) is 2. The molecule has 6 nitrogen and oxygen atoms in total. The fourth-order valence-corrected chi connectivity index (χ4v) is 2.35. The smallest absolute Gasteiger partial charge is 0.313 e. The van der Waals surface area contributed by atoms with Crippen molar-refractivity contribution in [3.63, 3.8) is 0 Å². The molecule has 0 bridgehead atoms. The van der Waals surface area contributed by atoms with Crippen LogP contribution >= 0.6 is 0 Å².